The normalized spacial score (nSPS) is 14.3. The van der Waals surface area contributed by atoms with Crippen LogP contribution >= 0.6 is 0 Å². The van der Waals surface area contributed by atoms with Gasteiger partial charge in [-0.15, -0.1) is 0 Å². The number of carbonyl (C=O) groups excluding carboxylic acids is 1. The fourth-order valence-corrected chi connectivity index (χ4v) is 1.91. The zero-order valence-corrected chi connectivity index (χ0v) is 11.6. The van der Waals surface area contributed by atoms with Crippen LogP contribution in [-0.4, -0.2) is 40.6 Å². The number of rotatable bonds is 8. The predicted octanol–water partition coefficient (Wildman–Crippen LogP) is 0.776. The van der Waals surface area contributed by atoms with E-state index < -0.39 is 12.0 Å². The van der Waals surface area contributed by atoms with Gasteiger partial charge in [0.1, 0.15) is 0 Å². The molecule has 0 saturated heterocycles. The summed E-state index contributed by atoms with van der Waals surface area (Å²) in [5, 5.41) is 9.76. The van der Waals surface area contributed by atoms with Crippen LogP contribution in [0.25, 0.3) is 0 Å². The van der Waals surface area contributed by atoms with Crippen LogP contribution in [0.15, 0.2) is 24.5 Å². The molecule has 3 N–H and O–H groups in total. The maximum absolute atomic E-state index is 10.7. The van der Waals surface area contributed by atoms with E-state index in [9.17, 15) is 9.90 Å². The molecule has 0 bridgehead atoms. The van der Waals surface area contributed by atoms with Gasteiger partial charge in [-0.05, 0) is 37.6 Å². The molecule has 0 spiro atoms. The minimum Gasteiger partial charge on any atom is -0.392 e. The average molecular weight is 265 g/mol. The third-order valence-electron chi connectivity index (χ3n) is 3.21. The molecule has 1 amide bonds. The summed E-state index contributed by atoms with van der Waals surface area (Å²) < 4.78 is 0. The molecule has 2 atom stereocenters. The number of hydrogen-bond acceptors (Lipinski definition) is 4. The molecule has 5 heteroatoms. The zero-order chi connectivity index (χ0) is 14.3. The smallest absolute Gasteiger partial charge is 0.220 e. The standard InChI is InChI=1S/C14H23N3O2/c1-11(13(18)8-14(15)19)5-7-17(2)10-12-4-3-6-16-9-12/h3-4,6,9,11,13,18H,5,7-8,10H2,1-2H3,(H2,15,19)/t11-,13+/m1/s1. The second-order valence-corrected chi connectivity index (χ2v) is 5.10. The lowest BCUT2D eigenvalue weighted by atomic mass is 9.98. The summed E-state index contributed by atoms with van der Waals surface area (Å²) >= 11 is 0. The second-order valence-electron chi connectivity index (χ2n) is 5.10. The van der Waals surface area contributed by atoms with Gasteiger partial charge in [0.2, 0.25) is 5.91 Å². The van der Waals surface area contributed by atoms with E-state index in [2.05, 4.69) is 9.88 Å². The minimum atomic E-state index is -0.649. The number of hydrogen-bond donors (Lipinski definition) is 2. The Morgan fingerprint density at radius 2 is 2.32 bits per heavy atom. The Bertz CT molecular complexity index is 384. The lowest BCUT2D eigenvalue weighted by molar-refractivity contribution is -0.120. The van der Waals surface area contributed by atoms with E-state index in [1.165, 1.54) is 0 Å². The summed E-state index contributed by atoms with van der Waals surface area (Å²) in [6.07, 6.45) is 3.82. The van der Waals surface area contributed by atoms with Gasteiger partial charge in [0, 0.05) is 18.9 Å². The fourth-order valence-electron chi connectivity index (χ4n) is 1.91. The highest BCUT2D eigenvalue weighted by molar-refractivity contribution is 5.74. The van der Waals surface area contributed by atoms with Crippen LogP contribution < -0.4 is 5.73 Å². The van der Waals surface area contributed by atoms with E-state index in [4.69, 9.17) is 5.73 Å². The molecule has 0 unspecified atom stereocenters. The first-order valence-electron chi connectivity index (χ1n) is 6.53. The van der Waals surface area contributed by atoms with Crippen molar-refractivity contribution in [2.45, 2.75) is 32.4 Å². The van der Waals surface area contributed by atoms with Crippen LogP contribution in [0.1, 0.15) is 25.3 Å². The van der Waals surface area contributed by atoms with Crippen LogP contribution in [-0.2, 0) is 11.3 Å². The summed E-state index contributed by atoms with van der Waals surface area (Å²) in [6, 6.07) is 3.96. The van der Waals surface area contributed by atoms with Gasteiger partial charge in [0.15, 0.2) is 0 Å². The van der Waals surface area contributed by atoms with Crippen molar-refractivity contribution in [3.8, 4) is 0 Å². The van der Waals surface area contributed by atoms with Crippen molar-refractivity contribution >= 4 is 5.91 Å². The third kappa shape index (κ3) is 6.31. The van der Waals surface area contributed by atoms with Gasteiger partial charge in [-0.25, -0.2) is 0 Å². The Kier molecular flexibility index (Phi) is 6.45. The van der Waals surface area contributed by atoms with Crippen molar-refractivity contribution in [1.29, 1.82) is 0 Å². The van der Waals surface area contributed by atoms with Gasteiger partial charge in [-0.1, -0.05) is 13.0 Å². The molecule has 19 heavy (non-hydrogen) atoms. The quantitative estimate of drug-likeness (QED) is 0.728. The van der Waals surface area contributed by atoms with Crippen molar-refractivity contribution in [2.75, 3.05) is 13.6 Å². The van der Waals surface area contributed by atoms with Gasteiger partial charge in [-0.2, -0.15) is 0 Å². The Balaban J connectivity index is 2.29. The fraction of sp³-hybridized carbons (Fsp3) is 0.571. The topological polar surface area (TPSA) is 79.4 Å². The number of nitrogens with zero attached hydrogens (tertiary/aromatic N) is 2. The van der Waals surface area contributed by atoms with E-state index in [-0.39, 0.29) is 12.3 Å². The van der Waals surface area contributed by atoms with Crippen LogP contribution in [0, 0.1) is 5.92 Å². The Morgan fingerprint density at radius 3 is 2.89 bits per heavy atom. The molecule has 5 nitrogen and oxygen atoms in total. The molecule has 0 fully saturated rings. The Hall–Kier alpha value is -1.46. The summed E-state index contributed by atoms with van der Waals surface area (Å²) in [6.45, 7) is 3.61. The molecular formula is C14H23N3O2. The third-order valence-corrected chi connectivity index (χ3v) is 3.21. The van der Waals surface area contributed by atoms with Gasteiger partial charge < -0.3 is 15.7 Å². The molecular weight excluding hydrogens is 242 g/mol. The number of carbonyl (C=O) groups is 1. The van der Waals surface area contributed by atoms with E-state index >= 15 is 0 Å². The van der Waals surface area contributed by atoms with E-state index in [1.54, 1.807) is 6.20 Å². The summed E-state index contributed by atoms with van der Waals surface area (Å²) in [4.78, 5) is 17.0. The van der Waals surface area contributed by atoms with Gasteiger partial charge >= 0.3 is 0 Å². The molecule has 1 rings (SSSR count). The number of nitrogens with two attached hydrogens (primary N) is 1. The molecule has 1 heterocycles. The number of aliphatic hydroxyl groups excluding tert-OH is 1. The van der Waals surface area contributed by atoms with Crippen molar-refractivity contribution in [3.63, 3.8) is 0 Å². The molecule has 106 valence electrons. The first-order chi connectivity index (χ1) is 8.99. The number of aliphatic hydroxyl groups is 1. The number of pyridine rings is 1. The first kappa shape index (κ1) is 15.6. The first-order valence-corrected chi connectivity index (χ1v) is 6.53. The monoisotopic (exact) mass is 265 g/mol. The maximum atomic E-state index is 10.7. The number of aromatic nitrogens is 1. The van der Waals surface area contributed by atoms with Gasteiger partial charge in [-0.3, -0.25) is 9.78 Å². The van der Waals surface area contributed by atoms with E-state index in [1.807, 2.05) is 32.3 Å². The summed E-state index contributed by atoms with van der Waals surface area (Å²) in [7, 11) is 2.03. The lowest BCUT2D eigenvalue weighted by Gasteiger charge is -2.22. The Morgan fingerprint density at radius 1 is 1.58 bits per heavy atom. The molecule has 0 aliphatic heterocycles. The highest BCUT2D eigenvalue weighted by Gasteiger charge is 2.16. The summed E-state index contributed by atoms with van der Waals surface area (Å²) in [5.74, 6) is -0.396. The van der Waals surface area contributed by atoms with Gasteiger partial charge in [0.25, 0.3) is 0 Å². The average Bonchev–Trinajstić information content (AvgIpc) is 2.36. The van der Waals surface area contributed by atoms with Crippen LogP contribution in [0.4, 0.5) is 0 Å². The molecule has 0 aromatic carbocycles. The molecule has 1 aromatic heterocycles. The van der Waals surface area contributed by atoms with E-state index in [0.717, 1.165) is 25.1 Å². The molecule has 0 radical (unpaired) electrons. The van der Waals surface area contributed by atoms with Crippen LogP contribution in [0.5, 0.6) is 0 Å². The highest BCUT2D eigenvalue weighted by atomic mass is 16.3. The number of amides is 1. The zero-order valence-electron chi connectivity index (χ0n) is 11.6. The predicted molar refractivity (Wildman–Crippen MR) is 74.2 cm³/mol. The summed E-state index contributed by atoms with van der Waals surface area (Å²) in [5.41, 5.74) is 6.24. The molecule has 0 saturated carbocycles. The largest absolute Gasteiger partial charge is 0.392 e. The SMILES string of the molecule is C[C@H](CCN(C)Cc1cccnc1)[C@@H](O)CC(N)=O. The Labute approximate surface area is 114 Å². The van der Waals surface area contributed by atoms with Crippen molar-refractivity contribution in [2.24, 2.45) is 11.7 Å². The number of primary amides is 1. The van der Waals surface area contributed by atoms with E-state index in [0.29, 0.717) is 0 Å². The molecule has 1 aromatic rings. The molecule has 0 aliphatic carbocycles. The highest BCUT2D eigenvalue weighted by Crippen LogP contribution is 2.12. The van der Waals surface area contributed by atoms with Crippen molar-refractivity contribution in [3.05, 3.63) is 30.1 Å². The minimum absolute atomic E-state index is 0.0352. The lowest BCUT2D eigenvalue weighted by Crippen LogP contribution is -2.28. The van der Waals surface area contributed by atoms with Crippen molar-refractivity contribution in [1.82, 2.24) is 9.88 Å². The van der Waals surface area contributed by atoms with Crippen LogP contribution in [0.2, 0.25) is 0 Å². The van der Waals surface area contributed by atoms with Crippen molar-refractivity contribution < 1.29 is 9.90 Å². The van der Waals surface area contributed by atoms with Gasteiger partial charge in [0.05, 0.1) is 12.5 Å². The van der Waals surface area contributed by atoms with Crippen LogP contribution in [0.3, 0.4) is 0 Å². The second kappa shape index (κ2) is 7.86. The maximum Gasteiger partial charge on any atom is 0.220 e. The molecule has 0 aliphatic rings.